The standard InChI is InChI=1S/C22H29N3O2/c26-20-22(13-5-1-2-6-14-22)23-21(27)25(20)15-24(17-10-11-17)19-12-9-16-7-3-4-8-18(16)19/h3-4,7-8,17,19H,1-2,5-6,9-15H2,(H,23,27)/t19-/m1/s1. The van der Waals surface area contributed by atoms with E-state index in [4.69, 9.17) is 0 Å². The van der Waals surface area contributed by atoms with Crippen molar-refractivity contribution >= 4 is 11.9 Å². The number of amides is 3. The molecule has 0 unspecified atom stereocenters. The van der Waals surface area contributed by atoms with E-state index in [2.05, 4.69) is 34.5 Å². The van der Waals surface area contributed by atoms with Gasteiger partial charge in [-0.1, -0.05) is 49.9 Å². The molecule has 1 aliphatic heterocycles. The maximum atomic E-state index is 13.3. The number of rotatable bonds is 4. The molecule has 0 aromatic heterocycles. The molecular weight excluding hydrogens is 338 g/mol. The van der Waals surface area contributed by atoms with Gasteiger partial charge in [-0.05, 0) is 49.7 Å². The SMILES string of the molecule is O=C1NC2(CCCCCC2)C(=O)N1CN(C1CC1)[C@@H]1CCc2ccccc21. The molecule has 1 aromatic rings. The minimum Gasteiger partial charge on any atom is -0.323 e. The molecule has 5 nitrogen and oxygen atoms in total. The molecule has 1 N–H and O–H groups in total. The quantitative estimate of drug-likeness (QED) is 0.825. The van der Waals surface area contributed by atoms with E-state index in [1.807, 2.05) is 0 Å². The second-order valence-electron chi connectivity index (χ2n) is 8.80. The highest BCUT2D eigenvalue weighted by Crippen LogP contribution is 2.42. The second kappa shape index (κ2) is 6.62. The Morgan fingerprint density at radius 1 is 1.04 bits per heavy atom. The van der Waals surface area contributed by atoms with Gasteiger partial charge in [-0.15, -0.1) is 0 Å². The molecule has 0 bridgehead atoms. The monoisotopic (exact) mass is 367 g/mol. The van der Waals surface area contributed by atoms with E-state index in [-0.39, 0.29) is 11.9 Å². The Kier molecular flexibility index (Phi) is 4.23. The zero-order valence-corrected chi connectivity index (χ0v) is 16.0. The van der Waals surface area contributed by atoms with E-state index < -0.39 is 5.54 Å². The molecule has 27 heavy (non-hydrogen) atoms. The van der Waals surface area contributed by atoms with Crippen molar-refractivity contribution in [3.63, 3.8) is 0 Å². The Hall–Kier alpha value is -1.88. The highest BCUT2D eigenvalue weighted by atomic mass is 16.2. The van der Waals surface area contributed by atoms with Crippen LogP contribution in [0.25, 0.3) is 0 Å². The average Bonchev–Trinajstić information content (AvgIpc) is 3.42. The minimum atomic E-state index is -0.629. The van der Waals surface area contributed by atoms with Crippen molar-refractivity contribution in [2.24, 2.45) is 0 Å². The van der Waals surface area contributed by atoms with Crippen LogP contribution in [-0.4, -0.2) is 40.0 Å². The predicted octanol–water partition coefficient (Wildman–Crippen LogP) is 3.74. The van der Waals surface area contributed by atoms with Gasteiger partial charge in [-0.3, -0.25) is 9.69 Å². The van der Waals surface area contributed by atoms with Gasteiger partial charge in [-0.25, -0.2) is 9.69 Å². The van der Waals surface area contributed by atoms with E-state index in [1.54, 1.807) is 0 Å². The first-order chi connectivity index (χ1) is 13.2. The number of carbonyl (C=O) groups excluding carboxylic acids is 2. The third kappa shape index (κ3) is 2.96. The van der Waals surface area contributed by atoms with E-state index in [0.29, 0.717) is 18.8 Å². The maximum Gasteiger partial charge on any atom is 0.326 e. The lowest BCUT2D eigenvalue weighted by atomic mass is 9.90. The summed E-state index contributed by atoms with van der Waals surface area (Å²) in [4.78, 5) is 30.0. The summed E-state index contributed by atoms with van der Waals surface area (Å²) in [6, 6.07) is 9.31. The fourth-order valence-corrected chi connectivity index (χ4v) is 5.39. The number of nitrogens with zero attached hydrogens (tertiary/aromatic N) is 2. The van der Waals surface area contributed by atoms with Crippen molar-refractivity contribution in [2.75, 3.05) is 6.67 Å². The molecule has 1 aromatic carbocycles. The van der Waals surface area contributed by atoms with Gasteiger partial charge in [0.15, 0.2) is 0 Å². The summed E-state index contributed by atoms with van der Waals surface area (Å²) in [5.41, 5.74) is 2.18. The number of imide groups is 1. The van der Waals surface area contributed by atoms with Crippen LogP contribution in [0.5, 0.6) is 0 Å². The Bertz CT molecular complexity index is 750. The number of fused-ring (bicyclic) bond motifs is 1. The number of carbonyl (C=O) groups is 2. The number of nitrogens with one attached hydrogen (secondary N) is 1. The van der Waals surface area contributed by atoms with Crippen LogP contribution in [-0.2, 0) is 11.2 Å². The zero-order chi connectivity index (χ0) is 18.4. The Labute approximate surface area is 161 Å². The summed E-state index contributed by atoms with van der Waals surface area (Å²) < 4.78 is 0. The Morgan fingerprint density at radius 3 is 2.52 bits per heavy atom. The number of urea groups is 1. The predicted molar refractivity (Wildman–Crippen MR) is 103 cm³/mol. The van der Waals surface area contributed by atoms with Crippen molar-refractivity contribution in [3.8, 4) is 0 Å². The Morgan fingerprint density at radius 2 is 1.78 bits per heavy atom. The highest BCUT2D eigenvalue weighted by molar-refractivity contribution is 6.07. The highest BCUT2D eigenvalue weighted by Gasteiger charge is 2.52. The lowest BCUT2D eigenvalue weighted by Gasteiger charge is -2.33. The first kappa shape index (κ1) is 17.2. The molecule has 3 amide bonds. The summed E-state index contributed by atoms with van der Waals surface area (Å²) >= 11 is 0. The van der Waals surface area contributed by atoms with Crippen LogP contribution in [0.3, 0.4) is 0 Å². The first-order valence-electron chi connectivity index (χ1n) is 10.7. The lowest BCUT2D eigenvalue weighted by molar-refractivity contribution is -0.133. The van der Waals surface area contributed by atoms with E-state index in [0.717, 1.165) is 51.4 Å². The summed E-state index contributed by atoms with van der Waals surface area (Å²) in [5, 5.41) is 3.09. The zero-order valence-electron chi connectivity index (χ0n) is 16.0. The molecule has 3 fully saturated rings. The third-order valence-corrected chi connectivity index (χ3v) is 7.03. The smallest absolute Gasteiger partial charge is 0.323 e. The van der Waals surface area contributed by atoms with Gasteiger partial charge < -0.3 is 5.32 Å². The molecule has 144 valence electrons. The van der Waals surface area contributed by atoms with Crippen LogP contribution in [0.1, 0.15) is 75.0 Å². The topological polar surface area (TPSA) is 52.7 Å². The number of hydrogen-bond acceptors (Lipinski definition) is 3. The van der Waals surface area contributed by atoms with Crippen LogP contribution in [0, 0.1) is 0 Å². The van der Waals surface area contributed by atoms with E-state index in [1.165, 1.54) is 28.9 Å². The van der Waals surface area contributed by atoms with Gasteiger partial charge in [0.1, 0.15) is 5.54 Å². The molecule has 5 heteroatoms. The maximum absolute atomic E-state index is 13.3. The fraction of sp³-hybridized carbons (Fsp3) is 0.636. The summed E-state index contributed by atoms with van der Waals surface area (Å²) in [6.07, 6.45) is 10.5. The largest absolute Gasteiger partial charge is 0.326 e. The molecule has 3 aliphatic carbocycles. The summed E-state index contributed by atoms with van der Waals surface area (Å²) in [7, 11) is 0. The molecule has 2 saturated carbocycles. The molecular formula is C22H29N3O2. The molecule has 1 spiro atoms. The van der Waals surface area contributed by atoms with Gasteiger partial charge in [0.25, 0.3) is 5.91 Å². The van der Waals surface area contributed by atoms with Crippen LogP contribution in [0.2, 0.25) is 0 Å². The van der Waals surface area contributed by atoms with Crippen LogP contribution in [0.4, 0.5) is 4.79 Å². The van der Waals surface area contributed by atoms with Gasteiger partial charge in [0, 0.05) is 12.1 Å². The third-order valence-electron chi connectivity index (χ3n) is 7.03. The molecule has 4 aliphatic rings. The summed E-state index contributed by atoms with van der Waals surface area (Å²) in [6.45, 7) is 0.441. The van der Waals surface area contributed by atoms with Crippen molar-refractivity contribution < 1.29 is 9.59 Å². The van der Waals surface area contributed by atoms with Crippen molar-refractivity contribution in [1.29, 1.82) is 0 Å². The van der Waals surface area contributed by atoms with Gasteiger partial charge in [0.2, 0.25) is 0 Å². The first-order valence-corrected chi connectivity index (χ1v) is 10.7. The van der Waals surface area contributed by atoms with E-state index >= 15 is 0 Å². The molecule has 1 saturated heterocycles. The molecule has 5 rings (SSSR count). The molecule has 1 heterocycles. The van der Waals surface area contributed by atoms with Crippen molar-refractivity contribution in [3.05, 3.63) is 35.4 Å². The van der Waals surface area contributed by atoms with Gasteiger partial charge in [-0.2, -0.15) is 0 Å². The molecule has 0 radical (unpaired) electrons. The Balaban J connectivity index is 1.38. The fourth-order valence-electron chi connectivity index (χ4n) is 5.39. The van der Waals surface area contributed by atoms with Crippen molar-refractivity contribution in [2.45, 2.75) is 81.8 Å². The number of aryl methyl sites for hydroxylation is 1. The van der Waals surface area contributed by atoms with Crippen LogP contribution >= 0.6 is 0 Å². The lowest BCUT2D eigenvalue weighted by Crippen LogP contribution is -2.48. The normalized spacial score (nSPS) is 27.1. The van der Waals surface area contributed by atoms with E-state index in [9.17, 15) is 9.59 Å². The second-order valence-corrected chi connectivity index (χ2v) is 8.80. The minimum absolute atomic E-state index is 0.0198. The van der Waals surface area contributed by atoms with Gasteiger partial charge in [0.05, 0.1) is 6.67 Å². The van der Waals surface area contributed by atoms with Gasteiger partial charge >= 0.3 is 6.03 Å². The van der Waals surface area contributed by atoms with Crippen molar-refractivity contribution in [1.82, 2.24) is 15.1 Å². The summed E-state index contributed by atoms with van der Waals surface area (Å²) in [5.74, 6) is 0.0198. The van der Waals surface area contributed by atoms with Crippen LogP contribution < -0.4 is 5.32 Å². The number of benzene rings is 1. The molecule has 1 atom stereocenters. The average molecular weight is 367 g/mol. The van der Waals surface area contributed by atoms with Crippen LogP contribution in [0.15, 0.2) is 24.3 Å². The number of hydrogen-bond donors (Lipinski definition) is 1.